The third-order valence-electron chi connectivity index (χ3n) is 4.10. The average molecular weight is 264 g/mol. The van der Waals surface area contributed by atoms with Gasteiger partial charge in [-0.25, -0.2) is 0 Å². The molecular weight excluding hydrogens is 240 g/mol. The van der Waals surface area contributed by atoms with Crippen LogP contribution >= 0.6 is 0 Å². The van der Waals surface area contributed by atoms with E-state index >= 15 is 0 Å². The van der Waals surface area contributed by atoms with Crippen LogP contribution in [0.2, 0.25) is 0 Å². The molecule has 3 N–H and O–H groups in total. The summed E-state index contributed by atoms with van der Waals surface area (Å²) in [6, 6.07) is 6.07. The molecule has 1 aromatic carbocycles. The number of benzene rings is 1. The molecule has 3 atom stereocenters. The zero-order valence-corrected chi connectivity index (χ0v) is 12.0. The van der Waals surface area contributed by atoms with E-state index in [1.807, 2.05) is 19.1 Å². The highest BCUT2D eigenvalue weighted by Crippen LogP contribution is 2.38. The van der Waals surface area contributed by atoms with Gasteiger partial charge in [0.05, 0.1) is 19.8 Å². The Morgan fingerprint density at radius 3 is 2.84 bits per heavy atom. The Morgan fingerprint density at radius 2 is 2.26 bits per heavy atom. The van der Waals surface area contributed by atoms with Gasteiger partial charge in [-0.05, 0) is 31.4 Å². The van der Waals surface area contributed by atoms with Crippen LogP contribution in [-0.2, 0) is 0 Å². The maximum absolute atomic E-state index is 9.62. The van der Waals surface area contributed by atoms with Gasteiger partial charge in [-0.15, -0.1) is 0 Å². The Hall–Kier alpha value is -1.26. The molecule has 0 radical (unpaired) electrons. The summed E-state index contributed by atoms with van der Waals surface area (Å²) in [4.78, 5) is 2.27. The van der Waals surface area contributed by atoms with E-state index in [0.29, 0.717) is 5.92 Å². The summed E-state index contributed by atoms with van der Waals surface area (Å²) in [5.74, 6) is 1.32. The van der Waals surface area contributed by atoms with Crippen LogP contribution in [0.3, 0.4) is 0 Å². The van der Waals surface area contributed by atoms with Gasteiger partial charge in [0, 0.05) is 23.8 Å². The first-order chi connectivity index (χ1) is 9.10. The van der Waals surface area contributed by atoms with Gasteiger partial charge in [0.2, 0.25) is 0 Å². The summed E-state index contributed by atoms with van der Waals surface area (Å²) < 4.78 is 5.43. The Morgan fingerprint density at radius 1 is 1.53 bits per heavy atom. The number of methoxy groups -OCH3 is 1. The molecule has 0 saturated carbocycles. The van der Waals surface area contributed by atoms with E-state index in [1.54, 1.807) is 7.11 Å². The molecule has 0 aliphatic carbocycles. The Balaban J connectivity index is 2.44. The quantitative estimate of drug-likeness (QED) is 0.872. The predicted molar refractivity (Wildman–Crippen MR) is 77.6 cm³/mol. The second-order valence-corrected chi connectivity index (χ2v) is 5.39. The molecule has 1 heterocycles. The van der Waals surface area contributed by atoms with Crippen LogP contribution in [0.15, 0.2) is 18.2 Å². The smallest absolute Gasteiger partial charge is 0.125 e. The van der Waals surface area contributed by atoms with Crippen molar-refractivity contribution in [2.24, 2.45) is 11.7 Å². The van der Waals surface area contributed by atoms with E-state index in [1.165, 1.54) is 0 Å². The normalized spacial score (nSPS) is 24.6. The van der Waals surface area contributed by atoms with Crippen LogP contribution < -0.4 is 15.4 Å². The first-order valence-corrected chi connectivity index (χ1v) is 6.90. The topological polar surface area (TPSA) is 58.7 Å². The minimum absolute atomic E-state index is 0.0959. The third-order valence-corrected chi connectivity index (χ3v) is 4.10. The molecule has 0 amide bonds. The first kappa shape index (κ1) is 14.2. The van der Waals surface area contributed by atoms with E-state index in [9.17, 15) is 5.11 Å². The fourth-order valence-electron chi connectivity index (χ4n) is 3.00. The van der Waals surface area contributed by atoms with E-state index in [4.69, 9.17) is 10.5 Å². The predicted octanol–water partition coefficient (Wildman–Crippen LogP) is 1.92. The van der Waals surface area contributed by atoms with Crippen LogP contribution in [-0.4, -0.2) is 31.4 Å². The number of hydrogen-bond donors (Lipinski definition) is 2. The van der Waals surface area contributed by atoms with Crippen molar-refractivity contribution in [3.8, 4) is 5.75 Å². The molecule has 4 nitrogen and oxygen atoms in total. The van der Waals surface area contributed by atoms with Crippen molar-refractivity contribution in [2.75, 3.05) is 25.2 Å². The highest BCUT2D eigenvalue weighted by molar-refractivity contribution is 5.62. The summed E-state index contributed by atoms with van der Waals surface area (Å²) in [5.41, 5.74) is 8.23. The summed E-state index contributed by atoms with van der Waals surface area (Å²) in [6.07, 6.45) is 1.10. The lowest BCUT2D eigenvalue weighted by Gasteiger charge is -2.31. The second-order valence-electron chi connectivity index (χ2n) is 5.39. The van der Waals surface area contributed by atoms with Gasteiger partial charge >= 0.3 is 0 Å². The average Bonchev–Trinajstić information content (AvgIpc) is 2.78. The zero-order valence-electron chi connectivity index (χ0n) is 12.0. The fourth-order valence-corrected chi connectivity index (χ4v) is 3.00. The fraction of sp³-hybridized carbons (Fsp3) is 0.600. The standard InChI is InChI=1S/C15H24N2O2/c1-10-7-8-17(13(10)9-18)12-5-4-6-14(19-3)15(12)11(2)16/h4-6,10-11,13,18H,7-9,16H2,1-3H3. The van der Waals surface area contributed by atoms with Gasteiger partial charge < -0.3 is 20.5 Å². The van der Waals surface area contributed by atoms with E-state index in [2.05, 4.69) is 17.9 Å². The number of aliphatic hydroxyl groups excluding tert-OH is 1. The Kier molecular flexibility index (Phi) is 4.32. The number of anilines is 1. The highest BCUT2D eigenvalue weighted by atomic mass is 16.5. The van der Waals surface area contributed by atoms with Crippen LogP contribution in [0, 0.1) is 5.92 Å². The highest BCUT2D eigenvalue weighted by Gasteiger charge is 2.32. The molecule has 0 aromatic heterocycles. The van der Waals surface area contributed by atoms with Crippen molar-refractivity contribution in [1.82, 2.24) is 0 Å². The van der Waals surface area contributed by atoms with Crippen molar-refractivity contribution < 1.29 is 9.84 Å². The zero-order chi connectivity index (χ0) is 14.0. The van der Waals surface area contributed by atoms with Crippen molar-refractivity contribution in [3.63, 3.8) is 0 Å². The van der Waals surface area contributed by atoms with Gasteiger partial charge in [0.25, 0.3) is 0 Å². The summed E-state index contributed by atoms with van der Waals surface area (Å²) >= 11 is 0. The van der Waals surface area contributed by atoms with Crippen molar-refractivity contribution in [1.29, 1.82) is 0 Å². The Labute approximate surface area is 115 Å². The van der Waals surface area contributed by atoms with E-state index in [0.717, 1.165) is 30.0 Å². The molecule has 1 aliphatic heterocycles. The van der Waals surface area contributed by atoms with Crippen molar-refractivity contribution in [3.05, 3.63) is 23.8 Å². The van der Waals surface area contributed by atoms with Gasteiger partial charge in [0.15, 0.2) is 0 Å². The number of aliphatic hydroxyl groups is 1. The molecule has 1 fully saturated rings. The molecule has 3 unspecified atom stereocenters. The molecule has 106 valence electrons. The summed E-state index contributed by atoms with van der Waals surface area (Å²) in [7, 11) is 1.67. The van der Waals surface area contributed by atoms with Gasteiger partial charge in [0.1, 0.15) is 5.75 Å². The third kappa shape index (κ3) is 2.55. The molecule has 1 saturated heterocycles. The largest absolute Gasteiger partial charge is 0.496 e. The minimum atomic E-state index is -0.0959. The van der Waals surface area contributed by atoms with Crippen LogP contribution in [0.1, 0.15) is 31.9 Å². The second kappa shape index (κ2) is 5.80. The van der Waals surface area contributed by atoms with Crippen LogP contribution in [0.5, 0.6) is 5.75 Å². The number of nitrogens with zero attached hydrogens (tertiary/aromatic N) is 1. The summed E-state index contributed by atoms with van der Waals surface area (Å²) in [5, 5.41) is 9.62. The monoisotopic (exact) mass is 264 g/mol. The minimum Gasteiger partial charge on any atom is -0.496 e. The SMILES string of the molecule is COc1cccc(N2CCC(C)C2CO)c1C(C)N. The summed E-state index contributed by atoms with van der Waals surface area (Å²) in [6.45, 7) is 5.29. The number of rotatable bonds is 4. The molecule has 1 aromatic rings. The van der Waals surface area contributed by atoms with Crippen LogP contribution in [0.4, 0.5) is 5.69 Å². The molecular formula is C15H24N2O2. The van der Waals surface area contributed by atoms with Crippen molar-refractivity contribution in [2.45, 2.75) is 32.4 Å². The first-order valence-electron chi connectivity index (χ1n) is 6.90. The number of ether oxygens (including phenoxy) is 1. The number of nitrogens with two attached hydrogens (primary N) is 1. The van der Waals surface area contributed by atoms with Gasteiger partial charge in [-0.1, -0.05) is 13.0 Å². The molecule has 1 aliphatic rings. The molecule has 19 heavy (non-hydrogen) atoms. The van der Waals surface area contributed by atoms with E-state index < -0.39 is 0 Å². The Bertz CT molecular complexity index is 434. The maximum atomic E-state index is 9.62. The lowest BCUT2D eigenvalue weighted by molar-refractivity contribution is 0.244. The van der Waals surface area contributed by atoms with Gasteiger partial charge in [-0.3, -0.25) is 0 Å². The lowest BCUT2D eigenvalue weighted by atomic mass is 10.0. The van der Waals surface area contributed by atoms with E-state index in [-0.39, 0.29) is 18.7 Å². The maximum Gasteiger partial charge on any atom is 0.125 e. The van der Waals surface area contributed by atoms with Crippen molar-refractivity contribution >= 4 is 5.69 Å². The lowest BCUT2D eigenvalue weighted by Crippen LogP contribution is -2.36. The van der Waals surface area contributed by atoms with Gasteiger partial charge in [-0.2, -0.15) is 0 Å². The molecule has 0 spiro atoms. The number of hydrogen-bond acceptors (Lipinski definition) is 4. The van der Waals surface area contributed by atoms with Crippen LogP contribution in [0.25, 0.3) is 0 Å². The molecule has 0 bridgehead atoms. The molecule has 2 rings (SSSR count). The molecule has 4 heteroatoms.